The number of nitrogens with one attached hydrogen (secondary N) is 1. The number of benzene rings is 1. The Morgan fingerprint density at radius 2 is 2.07 bits per heavy atom. The van der Waals surface area contributed by atoms with Crippen molar-refractivity contribution in [1.82, 2.24) is 14.7 Å². The maximum atomic E-state index is 6.17. The van der Waals surface area contributed by atoms with Crippen LogP contribution in [0.25, 0.3) is 0 Å². The van der Waals surface area contributed by atoms with Gasteiger partial charge in [-0.1, -0.05) is 17.7 Å². The lowest BCUT2D eigenvalue weighted by Crippen LogP contribution is -2.45. The van der Waals surface area contributed by atoms with E-state index in [-0.39, 0.29) is 0 Å². The predicted molar refractivity (Wildman–Crippen MR) is 128 cm³/mol. The van der Waals surface area contributed by atoms with Gasteiger partial charge in [-0.15, -0.1) is 11.3 Å². The molecule has 0 saturated carbocycles. The van der Waals surface area contributed by atoms with E-state index in [1.54, 1.807) is 18.4 Å². The summed E-state index contributed by atoms with van der Waals surface area (Å²) in [6.07, 6.45) is 1.07. The first-order valence-electron chi connectivity index (χ1n) is 9.88. The van der Waals surface area contributed by atoms with E-state index in [1.807, 2.05) is 18.2 Å². The molecule has 1 aromatic heterocycles. The van der Waals surface area contributed by atoms with E-state index in [0.29, 0.717) is 10.1 Å². The van der Waals surface area contributed by atoms with Crippen molar-refractivity contribution in [3.8, 4) is 5.75 Å². The third-order valence-electron chi connectivity index (χ3n) is 5.12. The molecule has 1 saturated heterocycles. The lowest BCUT2D eigenvalue weighted by Gasteiger charge is -2.33. The van der Waals surface area contributed by atoms with E-state index in [4.69, 9.17) is 28.6 Å². The van der Waals surface area contributed by atoms with Gasteiger partial charge < -0.3 is 24.8 Å². The minimum atomic E-state index is 0.649. The second-order valence-corrected chi connectivity index (χ2v) is 9.13. The Kier molecular flexibility index (Phi) is 8.56. The van der Waals surface area contributed by atoms with Crippen LogP contribution in [-0.4, -0.2) is 73.2 Å². The average Bonchev–Trinajstić information content (AvgIpc) is 3.22. The van der Waals surface area contributed by atoms with Gasteiger partial charge >= 0.3 is 0 Å². The van der Waals surface area contributed by atoms with Crippen LogP contribution < -0.4 is 10.1 Å². The normalized spacial score (nSPS) is 15.3. The van der Waals surface area contributed by atoms with Gasteiger partial charge in [-0.05, 0) is 61.9 Å². The Hall–Kier alpha value is -1.38. The zero-order chi connectivity index (χ0) is 20.6. The van der Waals surface area contributed by atoms with Crippen LogP contribution in [0.1, 0.15) is 11.3 Å². The Morgan fingerprint density at radius 1 is 1.28 bits per heavy atom. The molecule has 1 N–H and O–H groups in total. The number of methoxy groups -OCH3 is 1. The molecule has 0 bridgehead atoms. The van der Waals surface area contributed by atoms with E-state index >= 15 is 0 Å². The van der Waals surface area contributed by atoms with Crippen molar-refractivity contribution in [1.29, 1.82) is 0 Å². The number of likely N-dealkylation sites (N-methyl/N-ethyl adjacent to an activating group) is 1. The molecule has 158 valence electrons. The molecular weight excluding hydrogens is 424 g/mol. The van der Waals surface area contributed by atoms with Gasteiger partial charge in [-0.25, -0.2) is 0 Å². The molecule has 1 aliphatic rings. The van der Waals surface area contributed by atoms with Crippen LogP contribution in [-0.2, 0) is 6.54 Å². The molecule has 1 fully saturated rings. The number of thiophene rings is 1. The van der Waals surface area contributed by atoms with Crippen LogP contribution in [0.4, 0.5) is 5.69 Å². The molecule has 0 aliphatic carbocycles. The second kappa shape index (κ2) is 11.1. The number of hydrogen-bond donors (Lipinski definition) is 1. The van der Waals surface area contributed by atoms with Crippen molar-refractivity contribution in [3.05, 3.63) is 45.6 Å². The predicted octanol–water partition coefficient (Wildman–Crippen LogP) is 4.25. The van der Waals surface area contributed by atoms with E-state index in [0.717, 1.165) is 63.7 Å². The highest BCUT2D eigenvalue weighted by Crippen LogP contribution is 2.28. The molecule has 29 heavy (non-hydrogen) atoms. The summed E-state index contributed by atoms with van der Waals surface area (Å²) >= 11 is 13.7. The minimum absolute atomic E-state index is 0.649. The summed E-state index contributed by atoms with van der Waals surface area (Å²) in [5.74, 6) is 0.727. The fraction of sp³-hybridized carbons (Fsp3) is 0.476. The topological polar surface area (TPSA) is 31.0 Å². The summed E-state index contributed by atoms with van der Waals surface area (Å²) < 4.78 is 5.45. The van der Waals surface area contributed by atoms with Crippen LogP contribution in [0.15, 0.2) is 35.7 Å². The number of halogens is 1. The molecule has 1 aliphatic heterocycles. The van der Waals surface area contributed by atoms with Gasteiger partial charge in [0.25, 0.3) is 0 Å². The van der Waals surface area contributed by atoms with Crippen LogP contribution >= 0.6 is 35.2 Å². The standard InChI is InChI=1S/C21H29ClN4OS2/c1-24-10-12-25(13-11-24)8-4-9-26(16-18-5-3-14-29-18)21(28)23-19-15-17(22)6-7-20(19)27-2/h3,5-7,14-15H,4,8-13,16H2,1-2H3,(H,23,28). The second-order valence-electron chi connectivity index (χ2n) is 7.27. The van der Waals surface area contributed by atoms with Gasteiger partial charge in [-0.3, -0.25) is 0 Å². The smallest absolute Gasteiger partial charge is 0.173 e. The van der Waals surface area contributed by atoms with Gasteiger partial charge in [0.05, 0.1) is 19.3 Å². The zero-order valence-electron chi connectivity index (χ0n) is 17.1. The number of ether oxygens (including phenoxy) is 1. The molecule has 1 aromatic carbocycles. The molecule has 5 nitrogen and oxygen atoms in total. The maximum absolute atomic E-state index is 6.17. The maximum Gasteiger partial charge on any atom is 0.173 e. The number of nitrogens with zero attached hydrogens (tertiary/aromatic N) is 3. The minimum Gasteiger partial charge on any atom is -0.495 e. The molecule has 0 atom stereocenters. The van der Waals surface area contributed by atoms with Gasteiger partial charge in [0.1, 0.15) is 5.75 Å². The van der Waals surface area contributed by atoms with Gasteiger partial charge in [0.2, 0.25) is 0 Å². The summed E-state index contributed by atoms with van der Waals surface area (Å²) in [5, 5.41) is 6.79. The van der Waals surface area contributed by atoms with Crippen molar-refractivity contribution in [2.24, 2.45) is 0 Å². The third kappa shape index (κ3) is 6.83. The molecule has 0 radical (unpaired) electrons. The van der Waals surface area contributed by atoms with Crippen molar-refractivity contribution in [2.45, 2.75) is 13.0 Å². The molecule has 8 heteroatoms. The first-order valence-corrected chi connectivity index (χ1v) is 11.5. The lowest BCUT2D eigenvalue weighted by atomic mass is 10.2. The molecule has 0 unspecified atom stereocenters. The summed E-state index contributed by atoms with van der Waals surface area (Å²) in [4.78, 5) is 8.46. The Bertz CT molecular complexity index is 779. The monoisotopic (exact) mass is 452 g/mol. The first-order chi connectivity index (χ1) is 14.0. The van der Waals surface area contributed by atoms with Crippen LogP contribution in [0.3, 0.4) is 0 Å². The van der Waals surface area contributed by atoms with Crippen LogP contribution in [0.2, 0.25) is 5.02 Å². The highest BCUT2D eigenvalue weighted by atomic mass is 35.5. The molecule has 2 aromatic rings. The fourth-order valence-electron chi connectivity index (χ4n) is 3.37. The van der Waals surface area contributed by atoms with Crippen molar-refractivity contribution >= 4 is 46.0 Å². The highest BCUT2D eigenvalue weighted by molar-refractivity contribution is 7.80. The van der Waals surface area contributed by atoms with Gasteiger partial charge in [0.15, 0.2) is 5.11 Å². The number of thiocarbonyl (C=S) groups is 1. The number of anilines is 1. The Morgan fingerprint density at radius 3 is 2.76 bits per heavy atom. The molecule has 3 rings (SSSR count). The molecule has 0 amide bonds. The van der Waals surface area contributed by atoms with Gasteiger partial charge in [0, 0.05) is 42.6 Å². The summed E-state index contributed by atoms with van der Waals surface area (Å²) in [6.45, 7) is 7.38. The lowest BCUT2D eigenvalue weighted by molar-refractivity contribution is 0.150. The van der Waals surface area contributed by atoms with E-state index in [1.165, 1.54) is 4.88 Å². The molecule has 0 spiro atoms. The molecule has 2 heterocycles. The fourth-order valence-corrected chi connectivity index (χ4v) is 4.53. The SMILES string of the molecule is COc1ccc(Cl)cc1NC(=S)N(CCCN1CCN(C)CC1)Cc1cccs1. The summed E-state index contributed by atoms with van der Waals surface area (Å²) in [6, 6.07) is 9.75. The Balaban J connectivity index is 1.61. The van der Waals surface area contributed by atoms with Crippen molar-refractivity contribution in [3.63, 3.8) is 0 Å². The molecular formula is C21H29ClN4OS2. The zero-order valence-corrected chi connectivity index (χ0v) is 19.5. The van der Waals surface area contributed by atoms with E-state index < -0.39 is 0 Å². The number of hydrogen-bond acceptors (Lipinski definition) is 5. The Labute approximate surface area is 188 Å². The number of rotatable bonds is 8. The first kappa shape index (κ1) is 22.3. The van der Waals surface area contributed by atoms with Crippen LogP contribution in [0, 0.1) is 0 Å². The van der Waals surface area contributed by atoms with Gasteiger partial charge in [-0.2, -0.15) is 0 Å². The third-order valence-corrected chi connectivity index (χ3v) is 6.57. The van der Waals surface area contributed by atoms with E-state index in [2.05, 4.69) is 44.6 Å². The quantitative estimate of drug-likeness (QED) is 0.602. The average molecular weight is 453 g/mol. The van der Waals surface area contributed by atoms with Crippen LogP contribution in [0.5, 0.6) is 5.75 Å². The largest absolute Gasteiger partial charge is 0.495 e. The van der Waals surface area contributed by atoms with Crippen molar-refractivity contribution in [2.75, 3.05) is 58.7 Å². The summed E-state index contributed by atoms with van der Waals surface area (Å²) in [5.41, 5.74) is 0.792. The highest BCUT2D eigenvalue weighted by Gasteiger charge is 2.16. The summed E-state index contributed by atoms with van der Waals surface area (Å²) in [7, 11) is 3.84. The van der Waals surface area contributed by atoms with E-state index in [9.17, 15) is 0 Å². The van der Waals surface area contributed by atoms with Crippen molar-refractivity contribution < 1.29 is 4.74 Å². The number of piperazine rings is 1.